The number of hydrogen-bond donors (Lipinski definition) is 0. The minimum Gasteiger partial charge on any atom is -0.339 e. The molecule has 1 saturated heterocycles. The molecule has 0 unspecified atom stereocenters. The molecule has 20 heavy (non-hydrogen) atoms. The van der Waals surface area contributed by atoms with Crippen LogP contribution in [0.15, 0.2) is 0 Å². The average Bonchev–Trinajstić information content (AvgIpc) is 2.46. The number of carbonyl (C=O) groups excluding carboxylic acids is 1. The molecule has 1 fully saturated rings. The van der Waals surface area contributed by atoms with E-state index in [0.29, 0.717) is 15.6 Å². The lowest BCUT2D eigenvalue weighted by Gasteiger charge is -2.28. The Morgan fingerprint density at radius 3 is 2.20 bits per heavy atom. The predicted molar refractivity (Wildman–Crippen MR) is 85.1 cm³/mol. The van der Waals surface area contributed by atoms with Gasteiger partial charge in [0.1, 0.15) is 0 Å². The Hall–Kier alpha value is -0.730. The van der Waals surface area contributed by atoms with E-state index in [1.165, 1.54) is 6.42 Å². The Bertz CT molecular complexity index is 534. The van der Waals surface area contributed by atoms with Crippen LogP contribution in [0.1, 0.15) is 53.2 Å². The molecular weight excluding hydrogens is 293 g/mol. The quantitative estimate of drug-likeness (QED) is 0.768. The number of nitrogens with zero attached hydrogens (tertiary/aromatic N) is 1. The first-order chi connectivity index (χ1) is 9.49. The van der Waals surface area contributed by atoms with Crippen molar-refractivity contribution in [3.8, 4) is 0 Å². The Morgan fingerprint density at radius 2 is 1.65 bits per heavy atom. The van der Waals surface area contributed by atoms with Crippen LogP contribution in [0.5, 0.6) is 0 Å². The molecule has 4 heteroatoms. The van der Waals surface area contributed by atoms with Crippen molar-refractivity contribution in [2.75, 3.05) is 13.1 Å². The first-order valence-electron chi connectivity index (χ1n) is 7.25. The monoisotopic (exact) mass is 313 g/mol. The molecule has 110 valence electrons. The highest BCUT2D eigenvalue weighted by Crippen LogP contribution is 2.35. The number of carbonyl (C=O) groups is 1. The SMILES string of the molecule is CCc1c(C)c(Cl)c(C)c(C(=O)N2CCCCC2)c1Cl. The standard InChI is InChI=1S/C16H21Cl2NO/c1-4-12-10(2)14(17)11(3)13(15(12)18)16(20)19-8-6-5-7-9-19/h4-9H2,1-3H3. The molecular formula is C16H21Cl2NO. The van der Waals surface area contributed by atoms with Gasteiger partial charge in [-0.15, -0.1) is 0 Å². The van der Waals surface area contributed by atoms with Gasteiger partial charge < -0.3 is 4.90 Å². The van der Waals surface area contributed by atoms with Crippen molar-refractivity contribution < 1.29 is 4.79 Å². The minimum atomic E-state index is 0.0313. The van der Waals surface area contributed by atoms with Gasteiger partial charge in [-0.3, -0.25) is 4.79 Å². The summed E-state index contributed by atoms with van der Waals surface area (Å²) >= 11 is 12.9. The van der Waals surface area contributed by atoms with Crippen molar-refractivity contribution >= 4 is 29.1 Å². The zero-order valence-corrected chi connectivity index (χ0v) is 13.9. The third-order valence-corrected chi connectivity index (χ3v) is 5.17. The van der Waals surface area contributed by atoms with E-state index in [1.54, 1.807) is 0 Å². The second-order valence-electron chi connectivity index (χ2n) is 5.44. The fraction of sp³-hybridized carbons (Fsp3) is 0.562. The summed E-state index contributed by atoms with van der Waals surface area (Å²) < 4.78 is 0. The molecule has 0 aromatic heterocycles. The fourth-order valence-electron chi connectivity index (χ4n) is 2.93. The number of benzene rings is 1. The average molecular weight is 314 g/mol. The molecule has 2 rings (SSSR count). The molecule has 1 amide bonds. The summed E-state index contributed by atoms with van der Waals surface area (Å²) in [5, 5.41) is 1.26. The number of piperidine rings is 1. The van der Waals surface area contributed by atoms with Gasteiger partial charge in [0, 0.05) is 18.1 Å². The summed E-state index contributed by atoms with van der Waals surface area (Å²) in [5.74, 6) is 0.0313. The number of rotatable bonds is 2. The molecule has 0 spiro atoms. The maximum atomic E-state index is 12.8. The van der Waals surface area contributed by atoms with E-state index in [-0.39, 0.29) is 5.91 Å². The topological polar surface area (TPSA) is 20.3 Å². The number of hydrogen-bond acceptors (Lipinski definition) is 1. The van der Waals surface area contributed by atoms with Gasteiger partial charge in [0.25, 0.3) is 5.91 Å². The second-order valence-corrected chi connectivity index (χ2v) is 6.19. The van der Waals surface area contributed by atoms with Crippen molar-refractivity contribution in [3.63, 3.8) is 0 Å². The third-order valence-electron chi connectivity index (χ3n) is 4.18. The summed E-state index contributed by atoms with van der Waals surface area (Å²) in [7, 11) is 0. The zero-order valence-electron chi connectivity index (χ0n) is 12.4. The maximum absolute atomic E-state index is 12.8. The molecule has 0 saturated carbocycles. The molecule has 1 aliphatic heterocycles. The first-order valence-corrected chi connectivity index (χ1v) is 8.00. The largest absolute Gasteiger partial charge is 0.339 e. The molecule has 0 bridgehead atoms. The zero-order chi connectivity index (χ0) is 14.9. The van der Waals surface area contributed by atoms with Crippen LogP contribution in [0.3, 0.4) is 0 Å². The normalized spacial score (nSPS) is 15.6. The van der Waals surface area contributed by atoms with E-state index in [2.05, 4.69) is 0 Å². The molecule has 0 radical (unpaired) electrons. The van der Waals surface area contributed by atoms with Crippen LogP contribution in [-0.4, -0.2) is 23.9 Å². The van der Waals surface area contributed by atoms with Gasteiger partial charge in [-0.2, -0.15) is 0 Å². The lowest BCUT2D eigenvalue weighted by atomic mass is 9.96. The smallest absolute Gasteiger partial charge is 0.255 e. The van der Waals surface area contributed by atoms with Crippen LogP contribution in [-0.2, 0) is 6.42 Å². The summed E-state index contributed by atoms with van der Waals surface area (Å²) in [5.41, 5.74) is 3.39. The van der Waals surface area contributed by atoms with Crippen LogP contribution in [0.25, 0.3) is 0 Å². The van der Waals surface area contributed by atoms with Crippen LogP contribution in [0.4, 0.5) is 0 Å². The molecule has 2 nitrogen and oxygen atoms in total. The van der Waals surface area contributed by atoms with Crippen molar-refractivity contribution in [2.45, 2.75) is 46.5 Å². The molecule has 1 heterocycles. The van der Waals surface area contributed by atoms with E-state index in [4.69, 9.17) is 23.2 Å². The Labute approximate surface area is 131 Å². The Morgan fingerprint density at radius 1 is 1.05 bits per heavy atom. The number of halogens is 2. The van der Waals surface area contributed by atoms with Gasteiger partial charge in [0.15, 0.2) is 0 Å². The van der Waals surface area contributed by atoms with Gasteiger partial charge in [0.05, 0.1) is 10.6 Å². The summed E-state index contributed by atoms with van der Waals surface area (Å²) in [6.45, 7) is 7.53. The van der Waals surface area contributed by atoms with Crippen LogP contribution >= 0.6 is 23.2 Å². The maximum Gasteiger partial charge on any atom is 0.255 e. The van der Waals surface area contributed by atoms with Crippen molar-refractivity contribution in [2.24, 2.45) is 0 Å². The van der Waals surface area contributed by atoms with E-state index >= 15 is 0 Å². The summed E-state index contributed by atoms with van der Waals surface area (Å²) in [6, 6.07) is 0. The number of likely N-dealkylation sites (tertiary alicyclic amines) is 1. The highest BCUT2D eigenvalue weighted by atomic mass is 35.5. The van der Waals surface area contributed by atoms with E-state index < -0.39 is 0 Å². The fourth-order valence-corrected chi connectivity index (χ4v) is 3.64. The molecule has 0 atom stereocenters. The Balaban J connectivity index is 2.50. The van der Waals surface area contributed by atoms with E-state index in [1.807, 2.05) is 25.7 Å². The summed E-state index contributed by atoms with van der Waals surface area (Å²) in [4.78, 5) is 14.7. The number of amides is 1. The highest BCUT2D eigenvalue weighted by molar-refractivity contribution is 6.37. The van der Waals surface area contributed by atoms with Gasteiger partial charge in [-0.1, -0.05) is 30.1 Å². The van der Waals surface area contributed by atoms with Crippen molar-refractivity contribution in [1.82, 2.24) is 4.90 Å². The predicted octanol–water partition coefficient (Wildman–Crippen LogP) is 4.80. The van der Waals surface area contributed by atoms with Gasteiger partial charge >= 0.3 is 0 Å². The van der Waals surface area contributed by atoms with E-state index in [0.717, 1.165) is 49.0 Å². The molecule has 1 aromatic carbocycles. The highest BCUT2D eigenvalue weighted by Gasteiger charge is 2.26. The second kappa shape index (κ2) is 6.36. The minimum absolute atomic E-state index is 0.0313. The summed E-state index contributed by atoms with van der Waals surface area (Å²) in [6.07, 6.45) is 4.13. The molecule has 0 aliphatic carbocycles. The molecule has 1 aliphatic rings. The molecule has 0 N–H and O–H groups in total. The van der Waals surface area contributed by atoms with Gasteiger partial charge in [0.2, 0.25) is 0 Å². The Kier molecular flexibility index (Phi) is 4.98. The first kappa shape index (κ1) is 15.7. The van der Waals surface area contributed by atoms with Gasteiger partial charge in [-0.25, -0.2) is 0 Å². The third kappa shape index (κ3) is 2.68. The van der Waals surface area contributed by atoms with Gasteiger partial charge in [-0.05, 0) is 56.2 Å². The lowest BCUT2D eigenvalue weighted by Crippen LogP contribution is -2.36. The van der Waals surface area contributed by atoms with Crippen molar-refractivity contribution in [3.05, 3.63) is 32.3 Å². The van der Waals surface area contributed by atoms with Crippen LogP contribution in [0, 0.1) is 13.8 Å². The van der Waals surface area contributed by atoms with Crippen molar-refractivity contribution in [1.29, 1.82) is 0 Å². The van der Waals surface area contributed by atoms with Crippen LogP contribution < -0.4 is 0 Å². The molecule has 1 aromatic rings. The lowest BCUT2D eigenvalue weighted by molar-refractivity contribution is 0.0723. The van der Waals surface area contributed by atoms with E-state index in [9.17, 15) is 4.79 Å². The van der Waals surface area contributed by atoms with Crippen LogP contribution in [0.2, 0.25) is 10.0 Å².